The molecule has 1 spiro atoms. The molecule has 1 heterocycles. The summed E-state index contributed by atoms with van der Waals surface area (Å²) < 4.78 is 11.8. The van der Waals surface area contributed by atoms with Gasteiger partial charge in [0.15, 0.2) is 5.79 Å². The van der Waals surface area contributed by atoms with Crippen LogP contribution < -0.4 is 0 Å². The van der Waals surface area contributed by atoms with Gasteiger partial charge in [-0.2, -0.15) is 0 Å². The van der Waals surface area contributed by atoms with Crippen molar-refractivity contribution in [3.05, 3.63) is 0 Å². The van der Waals surface area contributed by atoms with E-state index in [1.807, 2.05) is 0 Å². The van der Waals surface area contributed by atoms with Gasteiger partial charge in [-0.25, -0.2) is 0 Å². The molecular formula is C11H19ClO2. The fourth-order valence-electron chi connectivity index (χ4n) is 2.12. The van der Waals surface area contributed by atoms with Crippen LogP contribution in [0.25, 0.3) is 0 Å². The van der Waals surface area contributed by atoms with Gasteiger partial charge in [-0.15, -0.1) is 11.6 Å². The average molecular weight is 219 g/mol. The molecule has 1 unspecified atom stereocenters. The molecule has 1 saturated carbocycles. The quantitative estimate of drug-likeness (QED) is 0.582. The molecule has 2 rings (SSSR count). The van der Waals surface area contributed by atoms with E-state index in [0.29, 0.717) is 0 Å². The molecule has 2 nitrogen and oxygen atoms in total. The third-order valence-corrected chi connectivity index (χ3v) is 3.68. The lowest BCUT2D eigenvalue weighted by Gasteiger charge is -2.47. The van der Waals surface area contributed by atoms with Crippen LogP contribution in [0.1, 0.15) is 39.5 Å². The van der Waals surface area contributed by atoms with Crippen LogP contribution in [0.15, 0.2) is 0 Å². The second kappa shape index (κ2) is 3.66. The molecule has 0 N–H and O–H groups in total. The Morgan fingerprint density at radius 1 is 1.14 bits per heavy atom. The lowest BCUT2D eigenvalue weighted by Crippen LogP contribution is -2.54. The maximum absolute atomic E-state index is 6.30. The summed E-state index contributed by atoms with van der Waals surface area (Å²) >= 11 is 6.30. The van der Waals surface area contributed by atoms with Crippen molar-refractivity contribution < 1.29 is 9.47 Å². The van der Waals surface area contributed by atoms with E-state index >= 15 is 0 Å². The van der Waals surface area contributed by atoms with E-state index in [4.69, 9.17) is 21.1 Å². The van der Waals surface area contributed by atoms with E-state index in [0.717, 1.165) is 26.1 Å². The van der Waals surface area contributed by atoms with E-state index < -0.39 is 5.79 Å². The Hall–Kier alpha value is 0.210. The number of hydrogen-bond donors (Lipinski definition) is 0. The molecule has 0 bridgehead atoms. The lowest BCUT2D eigenvalue weighted by atomic mass is 9.89. The number of alkyl halides is 1. The number of hydrogen-bond acceptors (Lipinski definition) is 2. The molecule has 1 aliphatic heterocycles. The predicted molar refractivity (Wildman–Crippen MR) is 56.5 cm³/mol. The van der Waals surface area contributed by atoms with Crippen LogP contribution >= 0.6 is 11.6 Å². The molecule has 1 saturated heterocycles. The molecular weight excluding hydrogens is 200 g/mol. The van der Waals surface area contributed by atoms with Gasteiger partial charge in [0.05, 0.1) is 18.6 Å². The Balaban J connectivity index is 2.03. The first-order valence-electron chi connectivity index (χ1n) is 5.46. The molecule has 82 valence electrons. The van der Waals surface area contributed by atoms with Gasteiger partial charge in [0, 0.05) is 11.8 Å². The molecule has 2 aliphatic rings. The predicted octanol–water partition coefficient (Wildman–Crippen LogP) is 2.94. The van der Waals surface area contributed by atoms with Crippen molar-refractivity contribution in [3.63, 3.8) is 0 Å². The number of halogens is 1. The largest absolute Gasteiger partial charge is 0.348 e. The van der Waals surface area contributed by atoms with E-state index in [2.05, 4.69) is 13.8 Å². The summed E-state index contributed by atoms with van der Waals surface area (Å²) in [6.45, 7) is 5.84. The molecule has 0 radical (unpaired) electrons. The van der Waals surface area contributed by atoms with Crippen molar-refractivity contribution >= 4 is 11.6 Å². The molecule has 0 amide bonds. The Morgan fingerprint density at radius 2 is 1.79 bits per heavy atom. The van der Waals surface area contributed by atoms with Crippen molar-refractivity contribution in [1.29, 1.82) is 0 Å². The zero-order valence-corrected chi connectivity index (χ0v) is 9.77. The van der Waals surface area contributed by atoms with Gasteiger partial charge in [0.25, 0.3) is 0 Å². The standard InChI is InChI=1S/C11H19ClO2/c1-10(2)7-13-11(14-8-10)6-4-3-5-9(11)12/h9H,3-8H2,1-2H3. The van der Waals surface area contributed by atoms with E-state index in [-0.39, 0.29) is 10.8 Å². The summed E-state index contributed by atoms with van der Waals surface area (Å²) in [4.78, 5) is 0. The molecule has 0 aromatic rings. The van der Waals surface area contributed by atoms with Gasteiger partial charge >= 0.3 is 0 Å². The molecule has 14 heavy (non-hydrogen) atoms. The highest BCUT2D eigenvalue weighted by Gasteiger charge is 2.46. The van der Waals surface area contributed by atoms with Gasteiger partial charge in [-0.1, -0.05) is 20.3 Å². The van der Waals surface area contributed by atoms with Gasteiger partial charge in [-0.05, 0) is 12.8 Å². The van der Waals surface area contributed by atoms with E-state index in [1.54, 1.807) is 0 Å². The average Bonchev–Trinajstić information content (AvgIpc) is 2.15. The number of rotatable bonds is 0. The zero-order valence-electron chi connectivity index (χ0n) is 9.01. The van der Waals surface area contributed by atoms with Crippen molar-refractivity contribution in [2.45, 2.75) is 50.7 Å². The molecule has 2 fully saturated rings. The topological polar surface area (TPSA) is 18.5 Å². The van der Waals surface area contributed by atoms with Crippen LogP contribution in [-0.4, -0.2) is 24.4 Å². The second-order valence-electron chi connectivity index (χ2n) is 5.27. The highest BCUT2D eigenvalue weighted by atomic mass is 35.5. The third kappa shape index (κ3) is 1.93. The van der Waals surface area contributed by atoms with Gasteiger partial charge in [0.2, 0.25) is 0 Å². The Bertz CT molecular complexity index is 205. The summed E-state index contributed by atoms with van der Waals surface area (Å²) in [7, 11) is 0. The van der Waals surface area contributed by atoms with Gasteiger partial charge in [-0.3, -0.25) is 0 Å². The smallest absolute Gasteiger partial charge is 0.184 e. The highest BCUT2D eigenvalue weighted by Crippen LogP contribution is 2.41. The summed E-state index contributed by atoms with van der Waals surface area (Å²) in [5.74, 6) is -0.463. The summed E-state index contributed by atoms with van der Waals surface area (Å²) in [6.07, 6.45) is 4.34. The van der Waals surface area contributed by atoms with Crippen molar-refractivity contribution in [2.24, 2.45) is 5.41 Å². The Morgan fingerprint density at radius 3 is 2.36 bits per heavy atom. The monoisotopic (exact) mass is 218 g/mol. The molecule has 1 aliphatic carbocycles. The maximum atomic E-state index is 6.30. The maximum Gasteiger partial charge on any atom is 0.184 e. The minimum atomic E-state index is -0.463. The molecule has 1 atom stereocenters. The van der Waals surface area contributed by atoms with Crippen molar-refractivity contribution in [1.82, 2.24) is 0 Å². The fourth-order valence-corrected chi connectivity index (χ4v) is 2.50. The summed E-state index contributed by atoms with van der Waals surface area (Å²) in [6, 6.07) is 0. The van der Waals surface area contributed by atoms with E-state index in [1.165, 1.54) is 12.8 Å². The first-order chi connectivity index (χ1) is 6.54. The van der Waals surface area contributed by atoms with Crippen LogP contribution in [-0.2, 0) is 9.47 Å². The van der Waals surface area contributed by atoms with Crippen LogP contribution in [0.2, 0.25) is 0 Å². The summed E-state index contributed by atoms with van der Waals surface area (Å²) in [5, 5.41) is 0.0346. The first-order valence-corrected chi connectivity index (χ1v) is 5.90. The number of ether oxygens (including phenoxy) is 2. The van der Waals surface area contributed by atoms with Crippen molar-refractivity contribution in [3.8, 4) is 0 Å². The van der Waals surface area contributed by atoms with Crippen LogP contribution in [0.5, 0.6) is 0 Å². The fraction of sp³-hybridized carbons (Fsp3) is 1.00. The van der Waals surface area contributed by atoms with Gasteiger partial charge in [0.1, 0.15) is 0 Å². The Kier molecular flexibility index (Phi) is 2.80. The third-order valence-electron chi connectivity index (χ3n) is 3.12. The Labute approximate surface area is 90.9 Å². The van der Waals surface area contributed by atoms with Crippen LogP contribution in [0.4, 0.5) is 0 Å². The van der Waals surface area contributed by atoms with Crippen molar-refractivity contribution in [2.75, 3.05) is 13.2 Å². The van der Waals surface area contributed by atoms with Crippen LogP contribution in [0, 0.1) is 5.41 Å². The molecule has 0 aromatic carbocycles. The SMILES string of the molecule is CC1(C)COC2(CCCCC2Cl)OC1. The van der Waals surface area contributed by atoms with Gasteiger partial charge < -0.3 is 9.47 Å². The molecule has 3 heteroatoms. The minimum Gasteiger partial charge on any atom is -0.348 e. The normalized spacial score (nSPS) is 35.8. The van der Waals surface area contributed by atoms with E-state index in [9.17, 15) is 0 Å². The lowest BCUT2D eigenvalue weighted by molar-refractivity contribution is -0.307. The summed E-state index contributed by atoms with van der Waals surface area (Å²) in [5.41, 5.74) is 0.138. The minimum absolute atomic E-state index is 0.0346. The van der Waals surface area contributed by atoms with Crippen LogP contribution in [0.3, 0.4) is 0 Å². The second-order valence-corrected chi connectivity index (χ2v) is 5.79. The zero-order chi connectivity index (χ0) is 10.2. The molecule has 0 aromatic heterocycles. The highest BCUT2D eigenvalue weighted by molar-refractivity contribution is 6.21. The first kappa shape index (κ1) is 10.7.